The molecule has 2 aliphatic rings. The molecule has 0 N–H and O–H groups in total. The monoisotopic (exact) mass is 1050 g/mol. The normalized spacial score (nSPS) is 14.1. The molecule has 0 unspecified atom stereocenters. The first-order valence-electron chi connectivity index (χ1n) is 28.9. The predicted molar refractivity (Wildman–Crippen MR) is 342 cm³/mol. The van der Waals surface area contributed by atoms with Gasteiger partial charge in [0, 0.05) is 51.1 Å². The highest BCUT2D eigenvalue weighted by atomic mass is 16.4. The molecule has 0 saturated carbocycles. The number of hydrogen-bond acceptors (Lipinski definition) is 5. The highest BCUT2D eigenvalue weighted by Crippen LogP contribution is 2.50. The van der Waals surface area contributed by atoms with E-state index in [-0.39, 0.29) is 44.6 Å². The molecule has 3 heterocycles. The Kier molecular flexibility index (Phi) is 13.3. The minimum absolute atomic E-state index is 0.00172. The molecule has 1 aromatic heterocycles. The molecule has 0 atom stereocenters. The second kappa shape index (κ2) is 18.9. The van der Waals surface area contributed by atoms with Crippen LogP contribution in [0.2, 0.25) is 0 Å². The van der Waals surface area contributed by atoms with E-state index in [9.17, 15) is 0 Å². The third-order valence-electron chi connectivity index (χ3n) is 16.6. The molecule has 5 nitrogen and oxygen atoms in total. The Balaban J connectivity index is 1.30. The topological polar surface area (TPSA) is 35.8 Å². The van der Waals surface area contributed by atoms with E-state index in [1.54, 1.807) is 0 Å². The lowest BCUT2D eigenvalue weighted by atomic mass is 9.35. The van der Waals surface area contributed by atoms with Gasteiger partial charge in [-0.1, -0.05) is 206 Å². The van der Waals surface area contributed by atoms with Gasteiger partial charge < -0.3 is 14.2 Å². The molecular weight excluding hydrogens is 960 g/mol. The Bertz CT molecular complexity index is 3480. The molecular formula is C73H87BN4O. The molecule has 0 aliphatic carbocycles. The molecule has 7 aromatic carbocycles. The minimum atomic E-state index is -0.260. The molecule has 10 rings (SSSR count). The van der Waals surface area contributed by atoms with Gasteiger partial charge in [-0.25, -0.2) is 4.98 Å². The Labute approximate surface area is 475 Å². The first-order chi connectivity index (χ1) is 36.6. The molecule has 0 spiro atoms. The van der Waals surface area contributed by atoms with E-state index >= 15 is 0 Å². The number of aromatic nitrogens is 1. The lowest BCUT2D eigenvalue weighted by molar-refractivity contribution is 0.566. The van der Waals surface area contributed by atoms with Gasteiger partial charge in [0.2, 0.25) is 11.8 Å². The molecule has 8 aromatic rings. The average molecular weight is 1050 g/mol. The summed E-state index contributed by atoms with van der Waals surface area (Å²) in [6.07, 6.45) is 0. The van der Waals surface area contributed by atoms with Crippen molar-refractivity contribution >= 4 is 74.6 Å². The molecule has 79 heavy (non-hydrogen) atoms. The van der Waals surface area contributed by atoms with Gasteiger partial charge in [-0.2, -0.15) is 0 Å². The van der Waals surface area contributed by atoms with Gasteiger partial charge in [0.25, 0.3) is 6.71 Å². The number of hydrogen-bond donors (Lipinski definition) is 0. The van der Waals surface area contributed by atoms with E-state index in [1.165, 1.54) is 49.9 Å². The van der Waals surface area contributed by atoms with Crippen LogP contribution in [-0.2, 0) is 37.9 Å². The largest absolute Gasteiger partial charge is 0.420 e. The van der Waals surface area contributed by atoms with Gasteiger partial charge in [-0.3, -0.25) is 4.90 Å². The summed E-state index contributed by atoms with van der Waals surface area (Å²) in [7, 11) is 0. The highest BCUT2D eigenvalue weighted by Gasteiger charge is 2.48. The van der Waals surface area contributed by atoms with Crippen LogP contribution in [0.1, 0.15) is 184 Å². The fourth-order valence-electron chi connectivity index (χ4n) is 11.3. The van der Waals surface area contributed by atoms with Crippen molar-refractivity contribution in [2.24, 2.45) is 0 Å². The number of nitrogens with zero attached hydrogens (tertiary/aromatic N) is 4. The molecule has 0 amide bonds. The molecule has 2 aliphatic heterocycles. The van der Waals surface area contributed by atoms with E-state index < -0.39 is 0 Å². The Morgan fingerprint density at radius 2 is 0.734 bits per heavy atom. The third-order valence-corrected chi connectivity index (χ3v) is 16.6. The molecule has 6 heteroatoms. The fourth-order valence-corrected chi connectivity index (χ4v) is 11.3. The van der Waals surface area contributed by atoms with Gasteiger partial charge in [-0.05, 0) is 173 Å². The fraction of sp³-hybridized carbons (Fsp3) is 0.384. The molecule has 0 radical (unpaired) electrons. The summed E-state index contributed by atoms with van der Waals surface area (Å²) < 4.78 is 7.42. The number of benzene rings is 7. The maximum Gasteiger partial charge on any atom is 0.279 e. The second-order valence-electron chi connectivity index (χ2n) is 30.1. The van der Waals surface area contributed by atoms with Crippen molar-refractivity contribution in [1.82, 2.24) is 4.98 Å². The SMILES string of the molecule is CC(C)(C)c1ccc(-c2nc3c(o2)N(c2cc(C(C)(C)C)cc(C(C)(C)C)c2)c2cc(C(C)(C)C)cc4c2B3c2ccc(N(c3ccc(C(C)(C)C)cc3)c3ccc(C(C)(C)C)cc3)cc2N4c2ccc(C(C)(C)C)cc2)cc1. The van der Waals surface area contributed by atoms with Gasteiger partial charge in [0.15, 0.2) is 0 Å². The van der Waals surface area contributed by atoms with Crippen LogP contribution in [0.5, 0.6) is 0 Å². The highest BCUT2D eigenvalue weighted by molar-refractivity contribution is 6.99. The van der Waals surface area contributed by atoms with Gasteiger partial charge in [-0.15, -0.1) is 0 Å². The standard InChI is InChI=1S/C73H87BN4O/c1-67(2,3)47-24-22-46(23-25-47)65-75-64-66(79-65)78(58-41-51(71(13,14)15)40-52(42-58)72(16,17)18)62-44-53(73(19,20)21)43-61-63(62)74(64)59-39-38-57(45-60(59)77(61)56-36-30-50(31-37-56)70(10,11)12)76(54-32-26-48(27-33-54)68(4,5)6)55-34-28-49(29-35-55)69(7,8)9/h22-45H,1-21H3. The van der Waals surface area contributed by atoms with Crippen molar-refractivity contribution in [2.45, 2.75) is 183 Å². The summed E-state index contributed by atoms with van der Waals surface area (Å²) >= 11 is 0. The summed E-state index contributed by atoms with van der Waals surface area (Å²) in [6.45, 7) is 48.1. The van der Waals surface area contributed by atoms with Crippen molar-refractivity contribution < 1.29 is 4.42 Å². The van der Waals surface area contributed by atoms with Crippen molar-refractivity contribution in [3.63, 3.8) is 0 Å². The van der Waals surface area contributed by atoms with Crippen LogP contribution in [0.15, 0.2) is 150 Å². The number of anilines is 9. The van der Waals surface area contributed by atoms with Crippen LogP contribution in [0.4, 0.5) is 51.4 Å². The van der Waals surface area contributed by atoms with Crippen LogP contribution in [-0.4, -0.2) is 11.7 Å². The zero-order valence-electron chi connectivity index (χ0n) is 51.6. The summed E-state index contributed by atoms with van der Waals surface area (Å²) in [5, 5.41) is 0. The molecule has 408 valence electrons. The maximum absolute atomic E-state index is 7.42. The Morgan fingerprint density at radius 3 is 1.16 bits per heavy atom. The number of rotatable bonds is 6. The summed E-state index contributed by atoms with van der Waals surface area (Å²) in [5.74, 6) is 1.37. The van der Waals surface area contributed by atoms with Gasteiger partial charge in [0.1, 0.15) is 0 Å². The average Bonchev–Trinajstić information content (AvgIpc) is 3.42. The van der Waals surface area contributed by atoms with E-state index in [2.05, 4.69) is 306 Å². The van der Waals surface area contributed by atoms with Crippen LogP contribution in [0.3, 0.4) is 0 Å². The summed E-state index contributed by atoms with van der Waals surface area (Å²) in [4.78, 5) is 13.2. The first-order valence-corrected chi connectivity index (χ1v) is 28.9. The lowest BCUT2D eigenvalue weighted by Gasteiger charge is -2.43. The predicted octanol–water partition coefficient (Wildman–Crippen LogP) is 19.0. The Hall–Kier alpha value is -6.79. The number of fused-ring (bicyclic) bond motifs is 4. The zero-order valence-corrected chi connectivity index (χ0v) is 51.6. The van der Waals surface area contributed by atoms with Gasteiger partial charge in [0.05, 0.1) is 5.59 Å². The van der Waals surface area contributed by atoms with E-state index in [0.29, 0.717) is 5.89 Å². The Morgan fingerprint density at radius 1 is 0.354 bits per heavy atom. The molecule has 0 fully saturated rings. The summed E-state index contributed by atoms with van der Waals surface area (Å²) in [6, 6.07) is 55.9. The van der Waals surface area contributed by atoms with Gasteiger partial charge >= 0.3 is 0 Å². The minimum Gasteiger partial charge on any atom is -0.420 e. The first kappa shape index (κ1) is 55.5. The molecule has 0 saturated heterocycles. The van der Waals surface area contributed by atoms with Crippen LogP contribution >= 0.6 is 0 Å². The second-order valence-corrected chi connectivity index (χ2v) is 30.1. The molecule has 0 bridgehead atoms. The quantitative estimate of drug-likeness (QED) is 0.155. The maximum atomic E-state index is 7.42. The van der Waals surface area contributed by atoms with E-state index in [4.69, 9.17) is 9.40 Å². The van der Waals surface area contributed by atoms with Crippen molar-refractivity contribution in [1.29, 1.82) is 0 Å². The van der Waals surface area contributed by atoms with Crippen molar-refractivity contribution in [3.8, 4) is 11.5 Å². The third kappa shape index (κ3) is 10.5. The van der Waals surface area contributed by atoms with Crippen molar-refractivity contribution in [2.75, 3.05) is 14.7 Å². The smallest absolute Gasteiger partial charge is 0.279 e. The zero-order chi connectivity index (χ0) is 57.3. The van der Waals surface area contributed by atoms with Crippen LogP contribution < -0.4 is 31.2 Å². The van der Waals surface area contributed by atoms with Crippen molar-refractivity contribution in [3.05, 3.63) is 185 Å². The number of oxazole rings is 1. The van der Waals surface area contributed by atoms with Crippen LogP contribution in [0, 0.1) is 0 Å². The lowest BCUT2D eigenvalue weighted by Crippen LogP contribution is -2.61. The van der Waals surface area contributed by atoms with E-state index in [1.807, 2.05) is 0 Å². The van der Waals surface area contributed by atoms with E-state index in [0.717, 1.165) is 62.5 Å². The van der Waals surface area contributed by atoms with Crippen LogP contribution in [0.25, 0.3) is 11.5 Å². The summed E-state index contributed by atoms with van der Waals surface area (Å²) in [5.41, 5.74) is 21.6.